The lowest BCUT2D eigenvalue weighted by atomic mass is 10.1. The number of hydrogen-bond donors (Lipinski definition) is 0. The molecule has 0 unspecified atom stereocenters. The first-order chi connectivity index (χ1) is 8.93. The first-order valence-electron chi connectivity index (χ1n) is 6.02. The Hall–Kier alpha value is -1.24. The van der Waals surface area contributed by atoms with E-state index in [1.54, 1.807) is 19.1 Å². The molecule has 0 aliphatic carbocycles. The topological polar surface area (TPSA) is 63.7 Å². The van der Waals surface area contributed by atoms with Gasteiger partial charge in [0, 0.05) is 32.7 Å². The summed E-state index contributed by atoms with van der Waals surface area (Å²) in [5.41, 5.74) is 0.420. The number of ketones is 1. The van der Waals surface area contributed by atoms with Crippen LogP contribution in [0.5, 0.6) is 0 Å². The van der Waals surface area contributed by atoms with Gasteiger partial charge in [-0.15, -0.1) is 0 Å². The third kappa shape index (κ3) is 3.86. The van der Waals surface area contributed by atoms with Gasteiger partial charge < -0.3 is 4.74 Å². The summed E-state index contributed by atoms with van der Waals surface area (Å²) in [6, 6.07) is 6.12. The first kappa shape index (κ1) is 15.8. The Morgan fingerprint density at radius 1 is 1.37 bits per heavy atom. The second-order valence-corrected chi connectivity index (χ2v) is 6.17. The molecular formula is C13H19NO4S. The normalized spacial score (nSPS) is 11.8. The van der Waals surface area contributed by atoms with E-state index in [1.807, 2.05) is 0 Å². The highest BCUT2D eigenvalue weighted by atomic mass is 32.2. The maximum Gasteiger partial charge on any atom is 0.242 e. The molecule has 1 rings (SSSR count). The van der Waals surface area contributed by atoms with Crippen LogP contribution in [-0.4, -0.2) is 45.8 Å². The predicted molar refractivity (Wildman–Crippen MR) is 72.8 cm³/mol. The van der Waals surface area contributed by atoms with Crippen molar-refractivity contribution in [3.63, 3.8) is 0 Å². The Kier molecular flexibility index (Phi) is 5.65. The zero-order valence-electron chi connectivity index (χ0n) is 11.4. The molecule has 0 radical (unpaired) electrons. The van der Waals surface area contributed by atoms with Crippen LogP contribution in [-0.2, 0) is 14.8 Å². The van der Waals surface area contributed by atoms with Crippen molar-refractivity contribution < 1.29 is 17.9 Å². The van der Waals surface area contributed by atoms with E-state index < -0.39 is 10.0 Å². The number of carbonyl (C=O) groups is 1. The molecule has 1 aromatic rings. The van der Waals surface area contributed by atoms with Gasteiger partial charge >= 0.3 is 0 Å². The van der Waals surface area contributed by atoms with Crippen LogP contribution in [0, 0.1) is 0 Å². The summed E-state index contributed by atoms with van der Waals surface area (Å²) in [5.74, 6) is -0.0726. The fourth-order valence-electron chi connectivity index (χ4n) is 1.55. The number of nitrogens with zero attached hydrogens (tertiary/aromatic N) is 1. The van der Waals surface area contributed by atoms with Crippen molar-refractivity contribution in [2.45, 2.75) is 18.2 Å². The molecule has 6 heteroatoms. The van der Waals surface area contributed by atoms with Crippen molar-refractivity contribution in [1.82, 2.24) is 4.31 Å². The van der Waals surface area contributed by atoms with Crippen molar-refractivity contribution in [3.05, 3.63) is 29.8 Å². The second-order valence-electron chi connectivity index (χ2n) is 4.12. The Labute approximate surface area is 114 Å². The summed E-state index contributed by atoms with van der Waals surface area (Å²) in [5, 5.41) is 0. The number of sulfonamides is 1. The van der Waals surface area contributed by atoms with E-state index in [0.29, 0.717) is 18.6 Å². The molecule has 0 aromatic heterocycles. The second kappa shape index (κ2) is 6.79. The van der Waals surface area contributed by atoms with Gasteiger partial charge in [0.15, 0.2) is 5.78 Å². The Morgan fingerprint density at radius 2 is 2.05 bits per heavy atom. The van der Waals surface area contributed by atoms with E-state index in [0.717, 1.165) is 0 Å². The third-order valence-electron chi connectivity index (χ3n) is 2.80. The van der Waals surface area contributed by atoms with Crippen LogP contribution in [0.15, 0.2) is 29.2 Å². The highest BCUT2D eigenvalue weighted by molar-refractivity contribution is 7.89. The average Bonchev–Trinajstić information content (AvgIpc) is 2.43. The molecule has 0 spiro atoms. The number of methoxy groups -OCH3 is 1. The summed E-state index contributed by atoms with van der Waals surface area (Å²) < 4.78 is 30.6. The van der Waals surface area contributed by atoms with Crippen LogP contribution < -0.4 is 0 Å². The number of carbonyl (C=O) groups excluding carboxylic acids is 1. The molecule has 0 atom stereocenters. The lowest BCUT2D eigenvalue weighted by Crippen LogP contribution is -2.30. The molecule has 0 aliphatic heterocycles. The van der Waals surface area contributed by atoms with Crippen LogP contribution in [0.2, 0.25) is 0 Å². The van der Waals surface area contributed by atoms with E-state index in [-0.39, 0.29) is 17.2 Å². The van der Waals surface area contributed by atoms with Crippen molar-refractivity contribution in [2.24, 2.45) is 0 Å². The molecule has 5 nitrogen and oxygen atoms in total. The van der Waals surface area contributed by atoms with E-state index >= 15 is 0 Å². The number of hydrogen-bond acceptors (Lipinski definition) is 4. The first-order valence-corrected chi connectivity index (χ1v) is 7.46. The smallest absolute Gasteiger partial charge is 0.242 e. The molecule has 0 fully saturated rings. The minimum atomic E-state index is -3.57. The molecule has 0 N–H and O–H groups in total. The van der Waals surface area contributed by atoms with Crippen LogP contribution in [0.25, 0.3) is 0 Å². The van der Waals surface area contributed by atoms with Gasteiger partial charge in [0.2, 0.25) is 10.0 Å². The van der Waals surface area contributed by atoms with Crippen LogP contribution >= 0.6 is 0 Å². The van der Waals surface area contributed by atoms with Crippen LogP contribution in [0.1, 0.15) is 23.7 Å². The number of Topliss-reactive ketones (excluding diaryl/α,β-unsaturated/α-hetero) is 1. The lowest BCUT2D eigenvalue weighted by molar-refractivity contribution is 0.0988. The Morgan fingerprint density at radius 3 is 2.63 bits per heavy atom. The van der Waals surface area contributed by atoms with Gasteiger partial charge in [0.1, 0.15) is 0 Å². The monoisotopic (exact) mass is 285 g/mol. The van der Waals surface area contributed by atoms with Gasteiger partial charge in [0.05, 0.1) is 11.5 Å². The maximum atomic E-state index is 12.3. The largest absolute Gasteiger partial charge is 0.383 e. The maximum absolute atomic E-state index is 12.3. The van der Waals surface area contributed by atoms with Crippen molar-refractivity contribution >= 4 is 15.8 Å². The van der Waals surface area contributed by atoms with Gasteiger partial charge in [-0.1, -0.05) is 19.1 Å². The minimum Gasteiger partial charge on any atom is -0.383 e. The fourth-order valence-corrected chi connectivity index (χ4v) is 2.76. The summed E-state index contributed by atoms with van der Waals surface area (Å²) in [4.78, 5) is 11.7. The molecule has 1 aromatic carbocycles. The molecule has 0 amide bonds. The van der Waals surface area contributed by atoms with E-state index in [2.05, 4.69) is 0 Å². The van der Waals surface area contributed by atoms with Gasteiger partial charge in [-0.25, -0.2) is 8.42 Å². The number of likely N-dealkylation sites (N-methyl/N-ethyl adjacent to an activating group) is 1. The third-order valence-corrected chi connectivity index (χ3v) is 4.65. The van der Waals surface area contributed by atoms with Crippen LogP contribution in [0.4, 0.5) is 0 Å². The molecular weight excluding hydrogens is 266 g/mol. The number of ether oxygens (including phenoxy) is 1. The zero-order chi connectivity index (χ0) is 14.5. The molecule has 19 heavy (non-hydrogen) atoms. The molecule has 0 aliphatic rings. The average molecular weight is 285 g/mol. The highest BCUT2D eigenvalue weighted by Crippen LogP contribution is 2.16. The minimum absolute atomic E-state index is 0.0726. The van der Waals surface area contributed by atoms with Crippen molar-refractivity contribution in [1.29, 1.82) is 0 Å². The Bertz CT molecular complexity index is 539. The molecule has 0 saturated heterocycles. The summed E-state index contributed by atoms with van der Waals surface area (Å²) >= 11 is 0. The van der Waals surface area contributed by atoms with Crippen LogP contribution in [0.3, 0.4) is 0 Å². The standard InChI is InChI=1S/C13H19NO4S/c1-4-13(15)11-6-5-7-12(10-11)19(16,17)14(2)8-9-18-3/h5-7,10H,4,8-9H2,1-3H3. The molecule has 0 saturated carbocycles. The quantitative estimate of drug-likeness (QED) is 0.713. The summed E-state index contributed by atoms with van der Waals surface area (Å²) in [6.07, 6.45) is 0.350. The lowest BCUT2D eigenvalue weighted by Gasteiger charge is -2.17. The SMILES string of the molecule is CCC(=O)c1cccc(S(=O)(=O)N(C)CCOC)c1. The predicted octanol–water partition coefficient (Wildman–Crippen LogP) is 1.55. The zero-order valence-corrected chi connectivity index (χ0v) is 12.2. The van der Waals surface area contributed by atoms with Gasteiger partial charge in [-0.2, -0.15) is 4.31 Å². The summed E-state index contributed by atoms with van der Waals surface area (Å²) in [7, 11) is -0.571. The number of benzene rings is 1. The van der Waals surface area contributed by atoms with Gasteiger partial charge in [0.25, 0.3) is 0 Å². The summed E-state index contributed by atoms with van der Waals surface area (Å²) in [6.45, 7) is 2.34. The highest BCUT2D eigenvalue weighted by Gasteiger charge is 2.21. The molecule has 0 bridgehead atoms. The van der Waals surface area contributed by atoms with Crippen molar-refractivity contribution in [2.75, 3.05) is 27.3 Å². The van der Waals surface area contributed by atoms with Gasteiger partial charge in [-0.05, 0) is 12.1 Å². The van der Waals surface area contributed by atoms with E-state index in [4.69, 9.17) is 4.74 Å². The number of rotatable bonds is 7. The molecule has 0 heterocycles. The molecule has 106 valence electrons. The van der Waals surface area contributed by atoms with Crippen molar-refractivity contribution in [3.8, 4) is 0 Å². The van der Waals surface area contributed by atoms with Gasteiger partial charge in [-0.3, -0.25) is 4.79 Å². The Balaban J connectivity index is 3.04. The fraction of sp³-hybridized carbons (Fsp3) is 0.462. The van der Waals surface area contributed by atoms with E-state index in [9.17, 15) is 13.2 Å². The van der Waals surface area contributed by atoms with E-state index in [1.165, 1.54) is 30.6 Å².